The molecule has 2 aliphatic heterocycles. The molecular weight excluding hydrogens is 496 g/mol. The van der Waals surface area contributed by atoms with Crippen molar-refractivity contribution in [2.75, 3.05) is 23.4 Å². The predicted octanol–water partition coefficient (Wildman–Crippen LogP) is 5.48. The molecule has 0 unspecified atom stereocenters. The van der Waals surface area contributed by atoms with Crippen molar-refractivity contribution >= 4 is 49.8 Å². The van der Waals surface area contributed by atoms with Gasteiger partial charge < -0.3 is 19.7 Å². The first-order valence-corrected chi connectivity index (χ1v) is 12.9. The molecule has 6 rings (SSSR count). The number of nitriles is 1. The van der Waals surface area contributed by atoms with Crippen molar-refractivity contribution in [1.82, 2.24) is 15.0 Å². The number of anilines is 3. The number of ether oxygens (including phenoxy) is 2. The highest BCUT2D eigenvalue weighted by Crippen LogP contribution is 2.39. The zero-order valence-electron chi connectivity index (χ0n) is 19.5. The zero-order valence-corrected chi connectivity index (χ0v) is 21.1. The summed E-state index contributed by atoms with van der Waals surface area (Å²) in [6.45, 7) is 3.23. The second-order valence-corrected chi connectivity index (χ2v) is 10.4. The molecule has 0 spiro atoms. The highest BCUT2D eigenvalue weighted by Gasteiger charge is 2.41. The molecule has 0 amide bonds. The Morgan fingerprint density at radius 2 is 1.97 bits per heavy atom. The molecular formula is C26H23ClN6O2S. The van der Waals surface area contributed by atoms with Gasteiger partial charge in [0, 0.05) is 12.8 Å². The third-order valence-electron chi connectivity index (χ3n) is 6.65. The Morgan fingerprint density at radius 1 is 1.17 bits per heavy atom. The number of rotatable bonds is 5. The van der Waals surface area contributed by atoms with E-state index < -0.39 is 0 Å². The first-order valence-electron chi connectivity index (χ1n) is 11.8. The molecule has 36 heavy (non-hydrogen) atoms. The average Bonchev–Trinajstić information content (AvgIpc) is 3.31. The minimum absolute atomic E-state index is 0.00878. The highest BCUT2D eigenvalue weighted by atomic mass is 35.5. The number of thiazole rings is 1. The molecule has 2 bridgehead atoms. The molecule has 2 aliphatic rings. The van der Waals surface area contributed by atoms with E-state index in [9.17, 15) is 0 Å². The van der Waals surface area contributed by atoms with Crippen molar-refractivity contribution in [1.29, 1.82) is 5.26 Å². The van der Waals surface area contributed by atoms with Crippen LogP contribution in [0.1, 0.15) is 24.0 Å². The maximum atomic E-state index is 9.07. The molecule has 2 atom stereocenters. The molecule has 10 heteroatoms. The summed E-state index contributed by atoms with van der Waals surface area (Å²) in [5.74, 6) is 1.16. The van der Waals surface area contributed by atoms with Gasteiger partial charge in [-0.25, -0.2) is 15.0 Å². The van der Waals surface area contributed by atoms with Gasteiger partial charge in [0.1, 0.15) is 18.2 Å². The number of benzene rings is 2. The minimum atomic E-state index is 0.00878. The Kier molecular flexibility index (Phi) is 6.09. The van der Waals surface area contributed by atoms with E-state index >= 15 is 0 Å². The standard InChI is InChI=1S/C26H23ClN6O2S/c1-15-24(31-21-7-6-16(11-28)8-20(21)27)29-14-30-25(15)35-19-9-17-12-34-13-18(10-19)33(17)26-32-22-4-2-3-5-23(22)36-26/h2-8,14,17-19H,9-10,12-13H2,1H3,(H,29,30,31)/t17-,18-/m0/s1. The quantitative estimate of drug-likeness (QED) is 0.371. The van der Waals surface area contributed by atoms with Crippen LogP contribution in [0.4, 0.5) is 16.6 Å². The van der Waals surface area contributed by atoms with Crippen LogP contribution in [0.15, 0.2) is 48.8 Å². The topological polar surface area (TPSA) is 96.2 Å². The number of morpholine rings is 1. The number of hydrogen-bond acceptors (Lipinski definition) is 9. The fourth-order valence-electron chi connectivity index (χ4n) is 4.89. The van der Waals surface area contributed by atoms with Crippen molar-refractivity contribution in [3.63, 3.8) is 0 Å². The molecule has 0 radical (unpaired) electrons. The summed E-state index contributed by atoms with van der Waals surface area (Å²) in [5, 5.41) is 13.8. The van der Waals surface area contributed by atoms with E-state index in [1.165, 1.54) is 11.0 Å². The molecule has 4 aromatic rings. The van der Waals surface area contributed by atoms with Crippen LogP contribution >= 0.6 is 22.9 Å². The molecule has 4 heterocycles. The lowest BCUT2D eigenvalue weighted by molar-refractivity contribution is 0.00757. The van der Waals surface area contributed by atoms with E-state index in [0.717, 1.165) is 29.1 Å². The van der Waals surface area contributed by atoms with E-state index in [1.54, 1.807) is 29.5 Å². The number of hydrogen-bond donors (Lipinski definition) is 1. The SMILES string of the molecule is Cc1c(Nc2ccc(C#N)cc2Cl)ncnc1OC1C[C@H]2COC[C@H](C1)N2c1nc2ccccc2s1. The number of aromatic nitrogens is 3. The zero-order chi connectivity index (χ0) is 24.6. The van der Waals surface area contributed by atoms with Crippen LogP contribution in [0.5, 0.6) is 5.88 Å². The molecule has 2 fully saturated rings. The third kappa shape index (κ3) is 4.32. The summed E-state index contributed by atoms with van der Waals surface area (Å²) in [6, 6.07) is 15.8. The lowest BCUT2D eigenvalue weighted by Crippen LogP contribution is -2.59. The first-order chi connectivity index (χ1) is 17.6. The van der Waals surface area contributed by atoms with E-state index in [2.05, 4.69) is 44.5 Å². The molecule has 1 N–H and O–H groups in total. The van der Waals surface area contributed by atoms with Gasteiger partial charge in [0.2, 0.25) is 5.88 Å². The fourth-order valence-corrected chi connectivity index (χ4v) is 6.23. The minimum Gasteiger partial charge on any atom is -0.474 e. The van der Waals surface area contributed by atoms with E-state index in [4.69, 9.17) is 31.3 Å². The number of fused-ring (bicyclic) bond motifs is 3. The lowest BCUT2D eigenvalue weighted by atomic mass is 9.92. The van der Waals surface area contributed by atoms with Gasteiger partial charge in [-0.05, 0) is 37.3 Å². The van der Waals surface area contributed by atoms with Crippen LogP contribution in [0.3, 0.4) is 0 Å². The second-order valence-electron chi connectivity index (χ2n) is 9.01. The monoisotopic (exact) mass is 518 g/mol. The van der Waals surface area contributed by atoms with Crippen molar-refractivity contribution in [3.05, 3.63) is 64.9 Å². The van der Waals surface area contributed by atoms with Crippen LogP contribution in [-0.4, -0.2) is 46.4 Å². The van der Waals surface area contributed by atoms with Gasteiger partial charge in [-0.2, -0.15) is 5.26 Å². The molecule has 8 nitrogen and oxygen atoms in total. The molecule has 2 aromatic heterocycles. The molecule has 2 saturated heterocycles. The van der Waals surface area contributed by atoms with Gasteiger partial charge in [0.05, 0.1) is 63.4 Å². The van der Waals surface area contributed by atoms with Crippen LogP contribution < -0.4 is 15.0 Å². The van der Waals surface area contributed by atoms with Gasteiger partial charge in [-0.15, -0.1) is 0 Å². The van der Waals surface area contributed by atoms with Gasteiger partial charge in [0.15, 0.2) is 5.13 Å². The Hall–Kier alpha value is -3.45. The third-order valence-corrected chi connectivity index (χ3v) is 8.01. The summed E-state index contributed by atoms with van der Waals surface area (Å²) in [4.78, 5) is 16.1. The number of nitrogens with one attached hydrogen (secondary N) is 1. The average molecular weight is 519 g/mol. The number of para-hydroxylation sites is 1. The first kappa shape index (κ1) is 23.0. The molecule has 0 aliphatic carbocycles. The summed E-state index contributed by atoms with van der Waals surface area (Å²) in [5.41, 5.74) is 3.00. The van der Waals surface area contributed by atoms with Gasteiger partial charge in [-0.3, -0.25) is 0 Å². The van der Waals surface area contributed by atoms with Crippen molar-refractivity contribution in [2.45, 2.75) is 38.0 Å². The van der Waals surface area contributed by atoms with E-state index in [-0.39, 0.29) is 18.2 Å². The van der Waals surface area contributed by atoms with E-state index in [1.807, 2.05) is 13.0 Å². The Morgan fingerprint density at radius 3 is 2.72 bits per heavy atom. The predicted molar refractivity (Wildman–Crippen MR) is 140 cm³/mol. The van der Waals surface area contributed by atoms with Crippen molar-refractivity contribution in [2.24, 2.45) is 0 Å². The van der Waals surface area contributed by atoms with Crippen LogP contribution in [0.25, 0.3) is 10.2 Å². The second kappa shape index (κ2) is 9.54. The maximum Gasteiger partial charge on any atom is 0.221 e. The van der Waals surface area contributed by atoms with Crippen LogP contribution in [0, 0.1) is 18.3 Å². The Labute approximate surface area is 217 Å². The lowest BCUT2D eigenvalue weighted by Gasteiger charge is -2.48. The fraction of sp³-hybridized carbons (Fsp3) is 0.308. The summed E-state index contributed by atoms with van der Waals surface area (Å²) in [7, 11) is 0. The van der Waals surface area contributed by atoms with Gasteiger partial charge in [-0.1, -0.05) is 35.1 Å². The van der Waals surface area contributed by atoms with Gasteiger partial charge >= 0.3 is 0 Å². The summed E-state index contributed by atoms with van der Waals surface area (Å²) < 4.78 is 13.6. The maximum absolute atomic E-state index is 9.07. The highest BCUT2D eigenvalue weighted by molar-refractivity contribution is 7.22. The summed E-state index contributed by atoms with van der Waals surface area (Å²) >= 11 is 8.08. The number of nitrogens with zero attached hydrogens (tertiary/aromatic N) is 5. The normalized spacial score (nSPS) is 21.2. The molecule has 0 saturated carbocycles. The summed E-state index contributed by atoms with van der Waals surface area (Å²) in [6.07, 6.45) is 3.14. The Bertz CT molecular complexity index is 1420. The Balaban J connectivity index is 1.20. The van der Waals surface area contributed by atoms with Crippen LogP contribution in [-0.2, 0) is 4.74 Å². The molecule has 182 valence electrons. The van der Waals surface area contributed by atoms with Gasteiger partial charge in [0.25, 0.3) is 0 Å². The van der Waals surface area contributed by atoms with E-state index in [0.29, 0.717) is 41.2 Å². The van der Waals surface area contributed by atoms with Crippen molar-refractivity contribution < 1.29 is 9.47 Å². The van der Waals surface area contributed by atoms with Crippen LogP contribution in [0.2, 0.25) is 5.02 Å². The smallest absolute Gasteiger partial charge is 0.221 e. The van der Waals surface area contributed by atoms with Crippen molar-refractivity contribution in [3.8, 4) is 11.9 Å². The largest absolute Gasteiger partial charge is 0.474 e. The molecule has 2 aromatic carbocycles. The number of halogens is 1. The number of piperidine rings is 1.